The zero-order chi connectivity index (χ0) is 10.3. The first kappa shape index (κ1) is 3.01. The molecule has 1 amide bonds. The third-order valence-electron chi connectivity index (χ3n) is 1.16. The lowest BCUT2D eigenvalue weighted by atomic mass is 10.4. The van der Waals surface area contributed by atoms with Crippen molar-refractivity contribution in [3.63, 3.8) is 0 Å². The van der Waals surface area contributed by atoms with Crippen molar-refractivity contribution in [2.45, 2.75) is 6.92 Å². The number of nitrogens with zero attached hydrogens (tertiary/aromatic N) is 1. The van der Waals surface area contributed by atoms with E-state index in [4.69, 9.17) is 5.48 Å². The highest BCUT2D eigenvalue weighted by Crippen LogP contribution is 1.90. The van der Waals surface area contributed by atoms with Crippen LogP contribution >= 0.6 is 0 Å². The molecule has 3 heteroatoms. The second kappa shape index (κ2) is 2.82. The van der Waals surface area contributed by atoms with Gasteiger partial charge >= 0.3 is 0 Å². The Morgan fingerprint density at radius 3 is 2.67 bits per heavy atom. The fourth-order valence-electron chi connectivity index (χ4n) is 0.611. The van der Waals surface area contributed by atoms with Crippen molar-refractivity contribution in [3.8, 4) is 0 Å². The Balaban J connectivity index is 2.78. The predicted molar refractivity (Wildman–Crippen MR) is 35.1 cm³/mol. The van der Waals surface area contributed by atoms with Gasteiger partial charge in [-0.1, -0.05) is 0 Å². The normalized spacial score (nSPS) is 37.7. The molecular formula is C6H12N2O. The van der Waals surface area contributed by atoms with Crippen LogP contribution in [0.15, 0.2) is 0 Å². The Bertz CT molecular complexity index is 215. The lowest BCUT2D eigenvalue weighted by molar-refractivity contribution is -0.129. The minimum absolute atomic E-state index is 0.109. The van der Waals surface area contributed by atoms with E-state index in [0.717, 1.165) is 4.90 Å². The first-order valence-electron chi connectivity index (χ1n) is 4.77. The van der Waals surface area contributed by atoms with E-state index in [-0.39, 0.29) is 19.0 Å². The summed E-state index contributed by atoms with van der Waals surface area (Å²) in [5, 5.41) is 2.19. The van der Waals surface area contributed by atoms with E-state index in [2.05, 4.69) is 5.32 Å². The number of hydrogen-bond donors (Lipinski definition) is 1. The topological polar surface area (TPSA) is 32.3 Å². The smallest absolute Gasteiger partial charge is 0.219 e. The third kappa shape index (κ3) is 1.68. The fraction of sp³-hybridized carbons (Fsp3) is 0.833. The minimum Gasteiger partial charge on any atom is -0.340 e. The van der Waals surface area contributed by atoms with Gasteiger partial charge < -0.3 is 10.2 Å². The van der Waals surface area contributed by atoms with Gasteiger partial charge in [0.2, 0.25) is 5.91 Å². The van der Waals surface area contributed by atoms with E-state index in [9.17, 15) is 4.79 Å². The van der Waals surface area contributed by atoms with Crippen LogP contribution in [0.3, 0.4) is 0 Å². The molecule has 9 heavy (non-hydrogen) atoms. The molecule has 1 aliphatic rings. The molecule has 1 heterocycles. The monoisotopic (exact) mass is 132 g/mol. The maximum atomic E-state index is 10.9. The summed E-state index contributed by atoms with van der Waals surface area (Å²) < 4.78 is 29.3. The molecule has 0 aliphatic carbocycles. The molecule has 1 saturated heterocycles. The Labute approximate surface area is 60.6 Å². The molecule has 0 radical (unpaired) electrons. The van der Waals surface area contributed by atoms with Crippen LogP contribution in [-0.4, -0.2) is 36.9 Å². The van der Waals surface area contributed by atoms with Crippen molar-refractivity contribution in [2.24, 2.45) is 0 Å². The van der Waals surface area contributed by atoms with Crippen molar-refractivity contribution < 1.29 is 10.3 Å². The maximum Gasteiger partial charge on any atom is 0.219 e. The highest BCUT2D eigenvalue weighted by molar-refractivity contribution is 5.73. The number of piperazine rings is 1. The average molecular weight is 132 g/mol. The second-order valence-electron chi connectivity index (χ2n) is 1.85. The van der Waals surface area contributed by atoms with Crippen LogP contribution in [-0.2, 0) is 4.79 Å². The van der Waals surface area contributed by atoms with Crippen molar-refractivity contribution >= 4 is 5.91 Å². The number of rotatable bonds is 0. The highest BCUT2D eigenvalue weighted by Gasteiger charge is 2.10. The number of carbonyl (C=O) groups excluding carboxylic acids is 1. The van der Waals surface area contributed by atoms with E-state index in [1.165, 1.54) is 6.92 Å². The summed E-state index contributed by atoms with van der Waals surface area (Å²) >= 11 is 0. The van der Waals surface area contributed by atoms with Gasteiger partial charge in [0.1, 0.15) is 0 Å². The first-order chi connectivity index (χ1) is 5.72. The van der Waals surface area contributed by atoms with Gasteiger partial charge in [0.05, 0.1) is 0 Å². The zero-order valence-corrected chi connectivity index (χ0v) is 5.27. The van der Waals surface area contributed by atoms with Crippen LogP contribution in [0.1, 0.15) is 12.4 Å². The molecule has 0 saturated carbocycles. The summed E-state index contributed by atoms with van der Waals surface area (Å²) in [6.45, 7) is -2.62. The Kier molecular flexibility index (Phi) is 0.945. The molecule has 0 aromatic carbocycles. The SMILES string of the molecule is [2H]C1([2H])CN(C(C)=O)CC([2H])([2H])N1. The van der Waals surface area contributed by atoms with Gasteiger partial charge in [0.15, 0.2) is 0 Å². The standard InChI is InChI=1S/C6H12N2O/c1-6(9)8-4-2-7-3-5-8/h7H,2-5H2,1H3/i2D2,3D2. The summed E-state index contributed by atoms with van der Waals surface area (Å²) in [6.07, 6.45) is 0. The largest absolute Gasteiger partial charge is 0.340 e. The van der Waals surface area contributed by atoms with E-state index >= 15 is 0 Å². The van der Waals surface area contributed by atoms with Gasteiger partial charge in [0, 0.05) is 38.5 Å². The van der Waals surface area contributed by atoms with Crippen LogP contribution in [0.5, 0.6) is 0 Å². The molecule has 52 valence electrons. The van der Waals surface area contributed by atoms with Gasteiger partial charge in [0.25, 0.3) is 0 Å². The molecular weight excluding hydrogens is 116 g/mol. The Morgan fingerprint density at radius 1 is 1.67 bits per heavy atom. The molecule has 1 rings (SSSR count). The molecule has 0 spiro atoms. The van der Waals surface area contributed by atoms with E-state index < -0.39 is 13.0 Å². The van der Waals surface area contributed by atoms with Gasteiger partial charge in [-0.15, -0.1) is 0 Å². The van der Waals surface area contributed by atoms with E-state index in [0.29, 0.717) is 0 Å². The van der Waals surface area contributed by atoms with Crippen LogP contribution in [0.25, 0.3) is 0 Å². The average Bonchev–Trinajstić information content (AvgIpc) is 1.79. The van der Waals surface area contributed by atoms with Crippen molar-refractivity contribution in [1.82, 2.24) is 10.2 Å². The Hall–Kier alpha value is -0.570. The molecule has 1 N–H and O–H groups in total. The summed E-state index contributed by atoms with van der Waals surface area (Å²) in [7, 11) is 0. The van der Waals surface area contributed by atoms with Crippen molar-refractivity contribution in [2.75, 3.05) is 26.1 Å². The van der Waals surface area contributed by atoms with Gasteiger partial charge in [-0.3, -0.25) is 4.79 Å². The molecule has 0 unspecified atom stereocenters. The number of hydrogen-bond acceptors (Lipinski definition) is 2. The van der Waals surface area contributed by atoms with Gasteiger partial charge in [-0.2, -0.15) is 0 Å². The molecule has 1 fully saturated rings. The third-order valence-corrected chi connectivity index (χ3v) is 1.16. The van der Waals surface area contributed by atoms with E-state index in [1.54, 1.807) is 0 Å². The lowest BCUT2D eigenvalue weighted by Crippen LogP contribution is -2.45. The number of nitrogens with one attached hydrogen (secondary N) is 1. The van der Waals surface area contributed by atoms with Crippen molar-refractivity contribution in [1.29, 1.82) is 0 Å². The second-order valence-corrected chi connectivity index (χ2v) is 1.85. The summed E-state index contributed by atoms with van der Waals surface area (Å²) in [6, 6.07) is 0. The van der Waals surface area contributed by atoms with Crippen molar-refractivity contribution in [3.05, 3.63) is 0 Å². The summed E-state index contributed by atoms with van der Waals surface area (Å²) in [5.74, 6) is -0.311. The number of carbonyl (C=O) groups is 1. The minimum atomic E-state index is -1.85. The molecule has 1 aliphatic heterocycles. The Morgan fingerprint density at radius 2 is 2.22 bits per heavy atom. The molecule has 3 nitrogen and oxygen atoms in total. The summed E-state index contributed by atoms with van der Waals surface area (Å²) in [5.41, 5.74) is 0. The van der Waals surface area contributed by atoms with Crippen LogP contribution < -0.4 is 5.32 Å². The summed E-state index contributed by atoms with van der Waals surface area (Å²) in [4.78, 5) is 12.1. The van der Waals surface area contributed by atoms with E-state index in [1.807, 2.05) is 0 Å². The molecule has 0 bridgehead atoms. The lowest BCUT2D eigenvalue weighted by Gasteiger charge is -2.25. The predicted octanol–water partition coefficient (Wildman–Crippen LogP) is -0.562. The van der Waals surface area contributed by atoms with Crippen LogP contribution in [0.4, 0.5) is 0 Å². The van der Waals surface area contributed by atoms with Crippen LogP contribution in [0, 0.1) is 0 Å². The first-order valence-corrected chi connectivity index (χ1v) is 2.77. The molecule has 0 aromatic rings. The molecule has 0 atom stereocenters. The highest BCUT2D eigenvalue weighted by atomic mass is 16.2. The van der Waals surface area contributed by atoms with Crippen LogP contribution in [0.2, 0.25) is 0 Å². The quantitative estimate of drug-likeness (QED) is 0.479. The van der Waals surface area contributed by atoms with Gasteiger partial charge in [-0.05, 0) is 0 Å². The van der Waals surface area contributed by atoms with Gasteiger partial charge in [-0.25, -0.2) is 0 Å². The molecule has 0 aromatic heterocycles. The fourth-order valence-corrected chi connectivity index (χ4v) is 0.611. The maximum absolute atomic E-state index is 10.9. The zero-order valence-electron chi connectivity index (χ0n) is 9.27. The number of amides is 1.